The van der Waals surface area contributed by atoms with Crippen LogP contribution < -0.4 is 11.1 Å². The molecule has 0 aliphatic carbocycles. The molecule has 1 saturated heterocycles. The normalized spacial score (nSPS) is 19.3. The van der Waals surface area contributed by atoms with Crippen LogP contribution in [0.1, 0.15) is 18.4 Å². The smallest absolute Gasteiger partial charge is 0.245 e. The number of nitrogens with zero attached hydrogens (tertiary/aromatic N) is 1. The zero-order valence-corrected chi connectivity index (χ0v) is 13.6. The fraction of sp³-hybridized carbons (Fsp3) is 0.500. The first kappa shape index (κ1) is 16.8. The number of carbonyl (C=O) groups excluding carboxylic acids is 2. The number of nitrogens with one attached hydrogen (secondary N) is 1. The SMILES string of the molecule is CSCC[C@H](N)C(=O)NC1CCN(Cc2ccccc2)C1=O. The van der Waals surface area contributed by atoms with Gasteiger partial charge in [-0.15, -0.1) is 0 Å². The molecule has 1 aliphatic rings. The van der Waals surface area contributed by atoms with E-state index in [9.17, 15) is 9.59 Å². The van der Waals surface area contributed by atoms with Crippen molar-refractivity contribution in [2.24, 2.45) is 5.73 Å². The molecule has 2 atom stereocenters. The molecule has 2 rings (SSSR count). The second-order valence-corrected chi connectivity index (χ2v) is 6.47. The third kappa shape index (κ3) is 4.48. The van der Waals surface area contributed by atoms with E-state index in [0.29, 0.717) is 25.9 Å². The van der Waals surface area contributed by atoms with Gasteiger partial charge in [0.05, 0.1) is 6.04 Å². The van der Waals surface area contributed by atoms with Gasteiger partial charge in [0, 0.05) is 13.1 Å². The first-order chi connectivity index (χ1) is 10.6. The molecule has 0 radical (unpaired) electrons. The maximum atomic E-state index is 12.3. The van der Waals surface area contributed by atoms with E-state index in [4.69, 9.17) is 5.73 Å². The first-order valence-electron chi connectivity index (χ1n) is 7.49. The van der Waals surface area contributed by atoms with Crippen LogP contribution >= 0.6 is 11.8 Å². The lowest BCUT2D eigenvalue weighted by atomic mass is 10.2. The minimum Gasteiger partial charge on any atom is -0.343 e. The lowest BCUT2D eigenvalue weighted by Crippen LogP contribution is -2.48. The van der Waals surface area contributed by atoms with E-state index in [1.165, 1.54) is 0 Å². The summed E-state index contributed by atoms with van der Waals surface area (Å²) in [4.78, 5) is 26.1. The van der Waals surface area contributed by atoms with Crippen LogP contribution in [0.5, 0.6) is 0 Å². The van der Waals surface area contributed by atoms with Gasteiger partial charge in [-0.1, -0.05) is 30.3 Å². The standard InChI is InChI=1S/C16H23N3O2S/c1-22-10-8-13(17)15(20)18-14-7-9-19(16(14)21)11-12-5-3-2-4-6-12/h2-6,13-14H,7-11,17H2,1H3,(H,18,20)/t13-,14?/m0/s1. The monoisotopic (exact) mass is 321 g/mol. The average molecular weight is 321 g/mol. The summed E-state index contributed by atoms with van der Waals surface area (Å²) in [5.41, 5.74) is 6.93. The Morgan fingerprint density at radius 2 is 2.18 bits per heavy atom. The van der Waals surface area contributed by atoms with Gasteiger partial charge in [0.2, 0.25) is 11.8 Å². The lowest BCUT2D eigenvalue weighted by molar-refractivity contribution is -0.133. The predicted molar refractivity (Wildman–Crippen MR) is 89.4 cm³/mol. The number of thioether (sulfide) groups is 1. The van der Waals surface area contributed by atoms with Crippen LogP contribution in [0, 0.1) is 0 Å². The summed E-state index contributed by atoms with van der Waals surface area (Å²) < 4.78 is 0. The van der Waals surface area contributed by atoms with E-state index in [0.717, 1.165) is 11.3 Å². The molecule has 6 heteroatoms. The van der Waals surface area contributed by atoms with E-state index in [1.807, 2.05) is 36.6 Å². The van der Waals surface area contributed by atoms with E-state index >= 15 is 0 Å². The largest absolute Gasteiger partial charge is 0.343 e. The summed E-state index contributed by atoms with van der Waals surface area (Å²) in [6, 6.07) is 8.89. The highest BCUT2D eigenvalue weighted by atomic mass is 32.2. The molecule has 1 aliphatic heterocycles. The third-order valence-electron chi connectivity index (χ3n) is 3.80. The number of nitrogens with two attached hydrogens (primary N) is 1. The lowest BCUT2D eigenvalue weighted by Gasteiger charge is -2.18. The van der Waals surface area contributed by atoms with Crippen LogP contribution in [0.3, 0.4) is 0 Å². The van der Waals surface area contributed by atoms with Crippen LogP contribution in [0.4, 0.5) is 0 Å². The van der Waals surface area contributed by atoms with Crippen LogP contribution in [0.15, 0.2) is 30.3 Å². The summed E-state index contributed by atoms with van der Waals surface area (Å²) in [6.45, 7) is 1.25. The Morgan fingerprint density at radius 3 is 2.86 bits per heavy atom. The molecule has 0 saturated carbocycles. The van der Waals surface area contributed by atoms with Crippen LogP contribution in [0.2, 0.25) is 0 Å². The highest BCUT2D eigenvalue weighted by Crippen LogP contribution is 2.15. The maximum Gasteiger partial charge on any atom is 0.245 e. The van der Waals surface area contributed by atoms with Gasteiger partial charge in [0.15, 0.2) is 0 Å². The van der Waals surface area contributed by atoms with Gasteiger partial charge in [-0.2, -0.15) is 11.8 Å². The Bertz CT molecular complexity index is 509. The highest BCUT2D eigenvalue weighted by Gasteiger charge is 2.33. The van der Waals surface area contributed by atoms with Crippen LogP contribution in [-0.2, 0) is 16.1 Å². The number of benzene rings is 1. The van der Waals surface area contributed by atoms with Gasteiger partial charge in [-0.25, -0.2) is 0 Å². The summed E-state index contributed by atoms with van der Waals surface area (Å²) in [5.74, 6) is 0.594. The Kier molecular flexibility index (Phi) is 6.27. The molecule has 1 unspecified atom stereocenters. The van der Waals surface area contributed by atoms with Gasteiger partial charge in [-0.05, 0) is 30.4 Å². The molecule has 3 N–H and O–H groups in total. The average Bonchev–Trinajstić information content (AvgIpc) is 2.86. The second-order valence-electron chi connectivity index (χ2n) is 5.48. The van der Waals surface area contributed by atoms with E-state index < -0.39 is 12.1 Å². The van der Waals surface area contributed by atoms with Crippen molar-refractivity contribution in [3.8, 4) is 0 Å². The number of rotatable bonds is 7. The van der Waals surface area contributed by atoms with Crippen molar-refractivity contribution in [1.29, 1.82) is 0 Å². The Morgan fingerprint density at radius 1 is 1.45 bits per heavy atom. The van der Waals surface area contributed by atoms with Crippen molar-refractivity contribution < 1.29 is 9.59 Å². The van der Waals surface area contributed by atoms with Crippen LogP contribution in [-0.4, -0.2) is 47.4 Å². The molecule has 22 heavy (non-hydrogen) atoms. The van der Waals surface area contributed by atoms with Gasteiger partial charge in [0.25, 0.3) is 0 Å². The fourth-order valence-electron chi connectivity index (χ4n) is 2.49. The van der Waals surface area contributed by atoms with Gasteiger partial charge in [-0.3, -0.25) is 9.59 Å². The topological polar surface area (TPSA) is 75.4 Å². The molecule has 1 fully saturated rings. The second kappa shape index (κ2) is 8.19. The molecular formula is C16H23N3O2S. The molecule has 2 amide bonds. The minimum absolute atomic E-state index is 0.0192. The predicted octanol–water partition coefficient (Wildman–Crippen LogP) is 0.984. The number of hydrogen-bond donors (Lipinski definition) is 2. The third-order valence-corrected chi connectivity index (χ3v) is 4.44. The molecule has 0 spiro atoms. The van der Waals surface area contributed by atoms with E-state index in [1.54, 1.807) is 16.7 Å². The summed E-state index contributed by atoms with van der Waals surface area (Å²) in [5, 5.41) is 2.79. The maximum absolute atomic E-state index is 12.3. The zero-order valence-electron chi connectivity index (χ0n) is 12.8. The van der Waals surface area contributed by atoms with Gasteiger partial charge >= 0.3 is 0 Å². The van der Waals surface area contributed by atoms with Gasteiger partial charge < -0.3 is 16.0 Å². The molecule has 0 bridgehead atoms. The first-order valence-corrected chi connectivity index (χ1v) is 8.89. The van der Waals surface area contributed by atoms with Crippen molar-refractivity contribution >= 4 is 23.6 Å². The number of likely N-dealkylation sites (tertiary alicyclic amines) is 1. The van der Waals surface area contributed by atoms with E-state index in [2.05, 4.69) is 5.32 Å². The summed E-state index contributed by atoms with van der Waals surface area (Å²) in [6.07, 6.45) is 3.25. The minimum atomic E-state index is -0.538. The number of hydrogen-bond acceptors (Lipinski definition) is 4. The number of amides is 2. The molecule has 1 aromatic carbocycles. The summed E-state index contributed by atoms with van der Waals surface area (Å²) in [7, 11) is 0. The van der Waals surface area contributed by atoms with Gasteiger partial charge in [0.1, 0.15) is 6.04 Å². The molecule has 120 valence electrons. The molecular weight excluding hydrogens is 298 g/mol. The summed E-state index contributed by atoms with van der Waals surface area (Å²) >= 11 is 1.66. The molecule has 1 aromatic rings. The van der Waals surface area contributed by atoms with Crippen molar-refractivity contribution in [2.45, 2.75) is 31.5 Å². The van der Waals surface area contributed by atoms with E-state index in [-0.39, 0.29) is 11.8 Å². The molecule has 0 aromatic heterocycles. The van der Waals surface area contributed by atoms with Crippen molar-refractivity contribution in [3.63, 3.8) is 0 Å². The van der Waals surface area contributed by atoms with Crippen molar-refractivity contribution in [3.05, 3.63) is 35.9 Å². The fourth-order valence-corrected chi connectivity index (χ4v) is 2.98. The Balaban J connectivity index is 1.84. The molecule has 5 nitrogen and oxygen atoms in total. The van der Waals surface area contributed by atoms with Crippen molar-refractivity contribution in [2.75, 3.05) is 18.6 Å². The quantitative estimate of drug-likeness (QED) is 0.785. The Hall–Kier alpha value is -1.53. The zero-order chi connectivity index (χ0) is 15.9. The van der Waals surface area contributed by atoms with Crippen molar-refractivity contribution in [1.82, 2.24) is 10.2 Å². The number of carbonyl (C=O) groups is 2. The molecule has 1 heterocycles. The highest BCUT2D eigenvalue weighted by molar-refractivity contribution is 7.98. The Labute approximate surface area is 135 Å². The van der Waals surface area contributed by atoms with Crippen LogP contribution in [0.25, 0.3) is 0 Å².